The molecule has 3 atom stereocenters. The number of hydrogen-bond acceptors (Lipinski definition) is 5. The number of nitrogens with one attached hydrogen (secondary N) is 1. The van der Waals surface area contributed by atoms with Crippen LogP contribution in [0.25, 0.3) is 0 Å². The Morgan fingerprint density at radius 3 is 1.54 bits per heavy atom. The van der Waals surface area contributed by atoms with Gasteiger partial charge in [-0.25, -0.2) is 4.57 Å². The van der Waals surface area contributed by atoms with Crippen LogP contribution >= 0.6 is 7.82 Å². The third kappa shape index (κ3) is 35.4. The van der Waals surface area contributed by atoms with Crippen molar-refractivity contribution in [1.82, 2.24) is 5.32 Å². The fraction of sp³-hybridized carbons (Fsp3) is 0.878. The van der Waals surface area contributed by atoms with Gasteiger partial charge in [-0.2, -0.15) is 0 Å². The smallest absolute Gasteiger partial charge is 0.391 e. The Balaban J connectivity index is 4.41. The van der Waals surface area contributed by atoms with E-state index >= 15 is 0 Å². The molecule has 9 heteroatoms. The Labute approximate surface area is 309 Å². The third-order valence-corrected chi connectivity index (χ3v) is 10.2. The maximum Gasteiger partial charge on any atom is 0.472 e. The van der Waals surface area contributed by atoms with E-state index in [1.165, 1.54) is 109 Å². The summed E-state index contributed by atoms with van der Waals surface area (Å²) >= 11 is 0. The topological polar surface area (TPSA) is 105 Å². The van der Waals surface area contributed by atoms with Gasteiger partial charge in [-0.15, -0.1) is 0 Å². The van der Waals surface area contributed by atoms with E-state index in [0.29, 0.717) is 23.9 Å². The quantitative estimate of drug-likeness (QED) is 0.0254. The first-order chi connectivity index (χ1) is 24.0. The molecule has 50 heavy (non-hydrogen) atoms. The number of quaternary nitrogens is 1. The summed E-state index contributed by atoms with van der Waals surface area (Å²) in [7, 11) is 1.59. The monoisotopic (exact) mass is 730 g/mol. The summed E-state index contributed by atoms with van der Waals surface area (Å²) in [5.41, 5.74) is 0. The number of unbranched alkanes of at least 4 members (excludes halogenated alkanes) is 20. The maximum absolute atomic E-state index is 12.8. The number of aliphatic hydroxyl groups excluding tert-OH is 1. The number of phosphoric acid groups is 1. The molecule has 0 bridgehead atoms. The van der Waals surface area contributed by atoms with E-state index in [1.807, 2.05) is 21.1 Å². The van der Waals surface area contributed by atoms with Crippen LogP contribution < -0.4 is 5.32 Å². The first kappa shape index (κ1) is 49.0. The Bertz CT molecular complexity index is 876. The minimum Gasteiger partial charge on any atom is -0.391 e. The van der Waals surface area contributed by atoms with Crippen molar-refractivity contribution in [2.75, 3.05) is 40.9 Å². The molecule has 0 aliphatic carbocycles. The van der Waals surface area contributed by atoms with Gasteiger partial charge in [0.05, 0.1) is 39.9 Å². The zero-order valence-corrected chi connectivity index (χ0v) is 34.3. The molecule has 296 valence electrons. The molecular formula is C41H82N2O6P+. The lowest BCUT2D eigenvalue weighted by Crippen LogP contribution is -2.46. The van der Waals surface area contributed by atoms with Gasteiger partial charge in [-0.3, -0.25) is 13.8 Å². The standard InChI is InChI=1S/C41H81N2O6P/c1-6-8-10-12-14-16-18-19-20-21-22-23-25-27-29-31-33-35-41(45)42-39(38-49-50(46,47)48-37-36-43(3,4)5)40(44)34-32-30-28-26-24-17-15-13-11-9-7-2/h19-20,24,26,39-40,44H,6-18,21-23,25,27-38H2,1-5H3,(H-,42,45,46,47)/p+1/b20-19+,26-24+/t39-,40+/m0/s1. The van der Waals surface area contributed by atoms with Crippen LogP contribution in [-0.4, -0.2) is 73.4 Å². The van der Waals surface area contributed by atoms with Crippen LogP contribution in [0.5, 0.6) is 0 Å². The van der Waals surface area contributed by atoms with Gasteiger partial charge < -0.3 is 19.8 Å². The van der Waals surface area contributed by atoms with Crippen molar-refractivity contribution >= 4 is 13.7 Å². The Morgan fingerprint density at radius 2 is 1.08 bits per heavy atom. The van der Waals surface area contributed by atoms with Gasteiger partial charge >= 0.3 is 7.82 Å². The second-order valence-corrected chi connectivity index (χ2v) is 16.8. The van der Waals surface area contributed by atoms with Crippen molar-refractivity contribution in [2.45, 2.75) is 193 Å². The molecule has 8 nitrogen and oxygen atoms in total. The van der Waals surface area contributed by atoms with E-state index < -0.39 is 20.0 Å². The molecule has 0 aromatic heterocycles. The number of aliphatic hydroxyl groups is 1. The van der Waals surface area contributed by atoms with E-state index in [2.05, 4.69) is 43.5 Å². The molecule has 1 amide bonds. The largest absolute Gasteiger partial charge is 0.472 e. The number of allylic oxidation sites excluding steroid dienone is 4. The molecule has 0 heterocycles. The predicted molar refractivity (Wildman–Crippen MR) is 212 cm³/mol. The number of amides is 1. The summed E-state index contributed by atoms with van der Waals surface area (Å²) < 4.78 is 23.5. The average Bonchev–Trinajstić information content (AvgIpc) is 3.06. The molecule has 0 rings (SSSR count). The summed E-state index contributed by atoms with van der Waals surface area (Å²) in [4.78, 5) is 23.0. The fourth-order valence-corrected chi connectivity index (χ4v) is 6.53. The van der Waals surface area contributed by atoms with E-state index in [1.54, 1.807) is 0 Å². The maximum atomic E-state index is 12.8. The SMILES string of the molecule is CCCCCCC/C=C/CCCC[C@@H](O)[C@H](COP(=O)(O)OCC[N+](C)(C)C)NC(=O)CCCCCCCCC/C=C/CCCCCCCC. The first-order valence-electron chi connectivity index (χ1n) is 20.7. The lowest BCUT2D eigenvalue weighted by Gasteiger charge is -2.26. The van der Waals surface area contributed by atoms with Crippen molar-refractivity contribution in [3.63, 3.8) is 0 Å². The van der Waals surface area contributed by atoms with Crippen LogP contribution in [0.4, 0.5) is 0 Å². The normalized spacial score (nSPS) is 14.8. The molecule has 0 aliphatic rings. The summed E-state index contributed by atoms with van der Waals surface area (Å²) in [6.07, 6.45) is 37.7. The van der Waals surface area contributed by atoms with E-state index in [-0.39, 0.29) is 19.1 Å². The van der Waals surface area contributed by atoms with Gasteiger partial charge in [0.25, 0.3) is 0 Å². The minimum atomic E-state index is -4.31. The molecule has 0 aromatic carbocycles. The molecule has 0 aromatic rings. The molecule has 0 spiro atoms. The van der Waals surface area contributed by atoms with Gasteiger partial charge in [0.1, 0.15) is 13.2 Å². The highest BCUT2D eigenvalue weighted by Crippen LogP contribution is 2.43. The number of rotatable bonds is 37. The van der Waals surface area contributed by atoms with Gasteiger partial charge in [0.15, 0.2) is 0 Å². The van der Waals surface area contributed by atoms with Crippen molar-refractivity contribution in [3.05, 3.63) is 24.3 Å². The van der Waals surface area contributed by atoms with Crippen molar-refractivity contribution in [3.8, 4) is 0 Å². The summed E-state index contributed by atoms with van der Waals surface area (Å²) in [5, 5.41) is 13.9. The molecule has 0 aliphatic heterocycles. The van der Waals surface area contributed by atoms with Gasteiger partial charge in [0, 0.05) is 6.42 Å². The second kappa shape index (κ2) is 33.8. The molecule has 0 saturated carbocycles. The number of carbonyl (C=O) groups is 1. The molecule has 0 fully saturated rings. The highest BCUT2D eigenvalue weighted by molar-refractivity contribution is 7.47. The van der Waals surface area contributed by atoms with E-state index in [9.17, 15) is 19.4 Å². The van der Waals surface area contributed by atoms with Crippen molar-refractivity contribution in [2.24, 2.45) is 0 Å². The summed E-state index contributed by atoms with van der Waals surface area (Å²) in [5.74, 6) is -0.161. The summed E-state index contributed by atoms with van der Waals surface area (Å²) in [6, 6.07) is -0.775. The van der Waals surface area contributed by atoms with Crippen LogP contribution in [0, 0.1) is 0 Å². The number of nitrogens with zero attached hydrogens (tertiary/aromatic N) is 1. The highest BCUT2D eigenvalue weighted by atomic mass is 31.2. The van der Waals surface area contributed by atoms with Crippen LogP contribution in [0.2, 0.25) is 0 Å². The highest BCUT2D eigenvalue weighted by Gasteiger charge is 2.28. The molecular weight excluding hydrogens is 647 g/mol. The second-order valence-electron chi connectivity index (χ2n) is 15.4. The first-order valence-corrected chi connectivity index (χ1v) is 22.2. The Morgan fingerprint density at radius 1 is 0.660 bits per heavy atom. The molecule has 0 radical (unpaired) electrons. The lowest BCUT2D eigenvalue weighted by molar-refractivity contribution is -0.870. The third-order valence-electron chi connectivity index (χ3n) is 9.17. The fourth-order valence-electron chi connectivity index (χ4n) is 5.80. The number of hydrogen-bond donors (Lipinski definition) is 3. The minimum absolute atomic E-state index is 0.0689. The predicted octanol–water partition coefficient (Wildman–Crippen LogP) is 11.0. The van der Waals surface area contributed by atoms with Gasteiger partial charge in [-0.05, 0) is 64.2 Å². The molecule has 1 unspecified atom stereocenters. The average molecular weight is 730 g/mol. The zero-order valence-electron chi connectivity index (χ0n) is 33.4. The Hall–Kier alpha value is -1.02. The van der Waals surface area contributed by atoms with E-state index in [0.717, 1.165) is 44.9 Å². The van der Waals surface area contributed by atoms with E-state index in [4.69, 9.17) is 9.05 Å². The number of phosphoric ester groups is 1. The molecule has 0 saturated heterocycles. The van der Waals surface area contributed by atoms with Gasteiger partial charge in [0.2, 0.25) is 5.91 Å². The van der Waals surface area contributed by atoms with Crippen LogP contribution in [0.3, 0.4) is 0 Å². The zero-order chi connectivity index (χ0) is 37.2. The lowest BCUT2D eigenvalue weighted by atomic mass is 10.0. The van der Waals surface area contributed by atoms with Crippen LogP contribution in [0.15, 0.2) is 24.3 Å². The van der Waals surface area contributed by atoms with Crippen LogP contribution in [-0.2, 0) is 18.4 Å². The van der Waals surface area contributed by atoms with Gasteiger partial charge in [-0.1, -0.05) is 134 Å². The number of carbonyl (C=O) groups excluding carboxylic acids is 1. The van der Waals surface area contributed by atoms with Crippen molar-refractivity contribution < 1.29 is 32.9 Å². The number of likely N-dealkylation sites (N-methyl/N-ethyl adjacent to an activating group) is 1. The molecule has 3 N–H and O–H groups in total. The van der Waals surface area contributed by atoms with Crippen LogP contribution in [0.1, 0.15) is 181 Å². The van der Waals surface area contributed by atoms with Crippen molar-refractivity contribution in [1.29, 1.82) is 0 Å². The summed E-state index contributed by atoms with van der Waals surface area (Å²) in [6.45, 7) is 4.82. The Kier molecular flexibility index (Phi) is 33.1.